The second-order valence-electron chi connectivity index (χ2n) is 3.40. The first kappa shape index (κ1) is 11.9. The summed E-state index contributed by atoms with van der Waals surface area (Å²) in [5.74, 6) is 2.21. The third-order valence-electron chi connectivity index (χ3n) is 2.42. The minimum Gasteiger partial charge on any atom is -0.258 e. The number of nitrogens with one attached hydrogen (secondary N) is 1. The van der Waals surface area contributed by atoms with Crippen LogP contribution in [0.5, 0.6) is 0 Å². The quantitative estimate of drug-likeness (QED) is 0.733. The molecule has 82 valence electrons. The Kier molecular flexibility index (Phi) is 3.31. The van der Waals surface area contributed by atoms with Crippen molar-refractivity contribution >= 4 is 39.0 Å². The second kappa shape index (κ2) is 4.73. The van der Waals surface area contributed by atoms with Crippen LogP contribution in [0.1, 0.15) is 5.56 Å². The van der Waals surface area contributed by atoms with Crippen molar-refractivity contribution < 1.29 is 0 Å². The molecule has 0 saturated carbocycles. The Balaban J connectivity index is 2.93. The lowest BCUT2D eigenvalue weighted by atomic mass is 10.1. The number of halogens is 2. The maximum atomic E-state index is 9.00. The van der Waals surface area contributed by atoms with Gasteiger partial charge in [-0.25, -0.2) is 0 Å². The van der Waals surface area contributed by atoms with E-state index in [1.165, 1.54) is 0 Å². The molecule has 0 radical (unpaired) electrons. The summed E-state index contributed by atoms with van der Waals surface area (Å²) in [5, 5.41) is 17.8. The molecule has 0 aromatic heterocycles. The van der Waals surface area contributed by atoms with Crippen molar-refractivity contribution in [2.75, 3.05) is 0 Å². The summed E-state index contributed by atoms with van der Waals surface area (Å²) in [4.78, 5) is 0. The number of allylic oxidation sites excluding steroid dienone is 4. The molecule has 17 heavy (non-hydrogen) atoms. The molecule has 0 heterocycles. The number of benzene rings is 1. The molecule has 2 rings (SSSR count). The van der Waals surface area contributed by atoms with Gasteiger partial charge in [-0.15, -0.1) is 0 Å². The van der Waals surface area contributed by atoms with Crippen LogP contribution in [0.4, 0.5) is 0 Å². The third-order valence-corrected chi connectivity index (χ3v) is 3.42. The van der Waals surface area contributed by atoms with Gasteiger partial charge in [-0.05, 0) is 29.7 Å². The van der Waals surface area contributed by atoms with Crippen LogP contribution in [0.2, 0.25) is 5.02 Å². The van der Waals surface area contributed by atoms with Crippen molar-refractivity contribution in [3.05, 3.63) is 55.9 Å². The number of nitriles is 1. The van der Waals surface area contributed by atoms with Crippen LogP contribution in [0.25, 0.3) is 5.57 Å². The molecule has 4 heteroatoms. The van der Waals surface area contributed by atoms with Gasteiger partial charge in [-0.2, -0.15) is 5.26 Å². The van der Waals surface area contributed by atoms with Crippen LogP contribution in [0.15, 0.2) is 34.8 Å². The predicted octanol–water partition coefficient (Wildman–Crippen LogP) is 2.13. The van der Waals surface area contributed by atoms with E-state index in [0.717, 1.165) is 15.3 Å². The van der Waals surface area contributed by atoms with Crippen molar-refractivity contribution in [2.45, 2.75) is 0 Å². The average Bonchev–Trinajstić information content (AvgIpc) is 2.75. The molecule has 1 aliphatic carbocycles. The highest BCUT2D eigenvalue weighted by atomic mass is 79.9. The molecule has 1 aromatic rings. The molecule has 2 nitrogen and oxygen atoms in total. The van der Waals surface area contributed by atoms with Crippen LogP contribution in [-0.2, 0) is 0 Å². The Bertz CT molecular complexity index is 732. The second-order valence-corrected chi connectivity index (χ2v) is 4.66. The van der Waals surface area contributed by atoms with Gasteiger partial charge in [-0.1, -0.05) is 39.7 Å². The number of nitrogens with zero attached hydrogens (tertiary/aromatic N) is 1. The van der Waals surface area contributed by atoms with E-state index in [0.29, 0.717) is 15.8 Å². The van der Waals surface area contributed by atoms with E-state index in [1.807, 2.05) is 24.3 Å². The summed E-state index contributed by atoms with van der Waals surface area (Å²) in [5.41, 5.74) is 1.33. The lowest BCUT2D eigenvalue weighted by molar-refractivity contribution is 1.42. The zero-order valence-electron chi connectivity index (χ0n) is 8.59. The zero-order valence-corrected chi connectivity index (χ0v) is 10.9. The van der Waals surface area contributed by atoms with E-state index < -0.39 is 0 Å². The smallest absolute Gasteiger partial charge is 0.100 e. The van der Waals surface area contributed by atoms with Crippen LogP contribution in [0.3, 0.4) is 0 Å². The van der Waals surface area contributed by atoms with Crippen molar-refractivity contribution in [1.82, 2.24) is 0 Å². The van der Waals surface area contributed by atoms with Crippen LogP contribution in [-0.4, -0.2) is 5.87 Å². The Morgan fingerprint density at radius 1 is 1.35 bits per heavy atom. The maximum Gasteiger partial charge on any atom is 0.100 e. The van der Waals surface area contributed by atoms with Crippen LogP contribution < -0.4 is 10.4 Å². The SMILES string of the molecule is N#Cc1cc(=C2C=CC=C2Br)c(Cl)cc1=C=N. The Labute approximate surface area is 111 Å². The summed E-state index contributed by atoms with van der Waals surface area (Å²) >= 11 is 9.57. The van der Waals surface area contributed by atoms with Gasteiger partial charge in [0, 0.05) is 14.7 Å². The molecule has 0 atom stereocenters. The Morgan fingerprint density at radius 3 is 2.65 bits per heavy atom. The summed E-state index contributed by atoms with van der Waals surface area (Å²) in [6.45, 7) is 0. The van der Waals surface area contributed by atoms with Gasteiger partial charge in [-0.3, -0.25) is 5.41 Å². The van der Waals surface area contributed by atoms with Crippen LogP contribution in [0, 0.1) is 16.7 Å². The van der Waals surface area contributed by atoms with Gasteiger partial charge < -0.3 is 0 Å². The molecule has 0 bridgehead atoms. The van der Waals surface area contributed by atoms with Crippen molar-refractivity contribution in [1.29, 1.82) is 10.7 Å². The fourth-order valence-corrected chi connectivity index (χ4v) is 2.36. The third kappa shape index (κ3) is 2.11. The molecule has 0 fully saturated rings. The normalized spacial score (nSPS) is 16.4. The van der Waals surface area contributed by atoms with E-state index in [1.54, 1.807) is 12.1 Å². The zero-order chi connectivity index (χ0) is 12.4. The molecule has 0 unspecified atom stereocenters. The molecule has 0 amide bonds. The topological polar surface area (TPSA) is 47.6 Å². The molecule has 1 aliphatic rings. The molecular formula is C13H6BrClN2. The highest BCUT2D eigenvalue weighted by molar-refractivity contribution is 9.12. The summed E-state index contributed by atoms with van der Waals surface area (Å²) in [6.07, 6.45) is 5.73. The highest BCUT2D eigenvalue weighted by Gasteiger charge is 2.08. The van der Waals surface area contributed by atoms with Gasteiger partial charge in [0.1, 0.15) is 6.07 Å². The van der Waals surface area contributed by atoms with E-state index in [9.17, 15) is 0 Å². The van der Waals surface area contributed by atoms with E-state index >= 15 is 0 Å². The maximum absolute atomic E-state index is 9.00. The minimum absolute atomic E-state index is 0.396. The monoisotopic (exact) mass is 304 g/mol. The van der Waals surface area contributed by atoms with Gasteiger partial charge in [0.25, 0.3) is 0 Å². The van der Waals surface area contributed by atoms with Crippen molar-refractivity contribution in [3.63, 3.8) is 0 Å². The van der Waals surface area contributed by atoms with Gasteiger partial charge >= 0.3 is 0 Å². The van der Waals surface area contributed by atoms with E-state index in [4.69, 9.17) is 22.3 Å². The number of hydrogen-bond acceptors (Lipinski definition) is 2. The number of hydrogen-bond donors (Lipinski definition) is 1. The van der Waals surface area contributed by atoms with Crippen molar-refractivity contribution in [2.24, 2.45) is 0 Å². The largest absolute Gasteiger partial charge is 0.258 e. The fraction of sp³-hybridized carbons (Fsp3) is 0. The van der Waals surface area contributed by atoms with Crippen LogP contribution >= 0.6 is 27.5 Å². The fourth-order valence-electron chi connectivity index (χ4n) is 1.59. The Morgan fingerprint density at radius 2 is 2.12 bits per heavy atom. The number of rotatable bonds is 0. The summed E-state index contributed by atoms with van der Waals surface area (Å²) < 4.78 is 0.926. The molecule has 0 aliphatic heterocycles. The Hall–Kier alpha value is -1.59. The first-order chi connectivity index (χ1) is 8.17. The van der Waals surface area contributed by atoms with Gasteiger partial charge in [0.2, 0.25) is 0 Å². The first-order valence-electron chi connectivity index (χ1n) is 4.75. The van der Waals surface area contributed by atoms with E-state index in [2.05, 4.69) is 21.8 Å². The lowest BCUT2D eigenvalue weighted by Gasteiger charge is -2.00. The van der Waals surface area contributed by atoms with Crippen molar-refractivity contribution in [3.8, 4) is 6.07 Å². The molecule has 0 spiro atoms. The first-order valence-corrected chi connectivity index (χ1v) is 5.92. The average molecular weight is 306 g/mol. The molecular weight excluding hydrogens is 300 g/mol. The predicted molar refractivity (Wildman–Crippen MR) is 71.8 cm³/mol. The summed E-state index contributed by atoms with van der Waals surface area (Å²) in [7, 11) is 0. The van der Waals surface area contributed by atoms with Gasteiger partial charge in [0.05, 0.1) is 10.8 Å². The minimum atomic E-state index is 0.396. The van der Waals surface area contributed by atoms with Gasteiger partial charge in [0.15, 0.2) is 0 Å². The highest BCUT2D eigenvalue weighted by Crippen LogP contribution is 2.24. The molecule has 1 N–H and O–H groups in total. The molecule has 0 saturated heterocycles. The molecule has 1 aromatic carbocycles. The standard InChI is InChI=1S/C13H6BrClN2/c14-12-3-1-2-10(12)11-4-8(6-16)9(7-17)5-13(11)15/h1-5,17H. The van der Waals surface area contributed by atoms with E-state index in [-0.39, 0.29) is 0 Å². The summed E-state index contributed by atoms with van der Waals surface area (Å²) in [6, 6.07) is 5.30. The lowest BCUT2D eigenvalue weighted by Crippen LogP contribution is -2.17.